The quantitative estimate of drug-likeness (QED) is 0.674. The molecule has 0 amide bonds. The van der Waals surface area contributed by atoms with Crippen molar-refractivity contribution >= 4 is 0 Å². The summed E-state index contributed by atoms with van der Waals surface area (Å²) in [6.07, 6.45) is 4.56. The lowest BCUT2D eigenvalue weighted by Crippen LogP contribution is -2.11. The molecule has 84 valence electrons. The second-order valence-electron chi connectivity index (χ2n) is 3.92. The van der Waals surface area contributed by atoms with E-state index in [2.05, 4.69) is 24.3 Å². The third-order valence-corrected chi connectivity index (χ3v) is 2.56. The lowest BCUT2D eigenvalue weighted by Gasteiger charge is -2.06. The zero-order valence-corrected chi connectivity index (χ0v) is 9.10. The van der Waals surface area contributed by atoms with Crippen molar-refractivity contribution in [2.75, 3.05) is 6.61 Å². The average molecular weight is 208 g/mol. The van der Waals surface area contributed by atoms with Gasteiger partial charge in [0.05, 0.1) is 12.7 Å². The number of benzene rings is 1. The van der Waals surface area contributed by atoms with Gasteiger partial charge in [0, 0.05) is 0 Å². The number of hydrogen-bond donors (Lipinski definition) is 2. The summed E-state index contributed by atoms with van der Waals surface area (Å²) in [6.45, 7) is -0.112. The van der Waals surface area contributed by atoms with E-state index in [0.717, 1.165) is 25.7 Å². The Bertz CT molecular complexity index is 246. The summed E-state index contributed by atoms with van der Waals surface area (Å²) in [5, 5.41) is 17.7. The van der Waals surface area contributed by atoms with Crippen molar-refractivity contribution in [2.24, 2.45) is 0 Å². The maximum absolute atomic E-state index is 9.12. The Morgan fingerprint density at radius 1 is 1.00 bits per heavy atom. The summed E-state index contributed by atoms with van der Waals surface area (Å²) in [5.41, 5.74) is 1.38. The number of unbranched alkanes of at least 4 members (excludes halogenated alkanes) is 2. The SMILES string of the molecule is OCC(O)CCCCCc1ccccc1. The van der Waals surface area contributed by atoms with E-state index in [1.54, 1.807) is 0 Å². The Hall–Kier alpha value is -0.860. The number of aliphatic hydroxyl groups is 2. The summed E-state index contributed by atoms with van der Waals surface area (Å²) in [7, 11) is 0. The molecule has 0 aliphatic rings. The predicted molar refractivity (Wildman–Crippen MR) is 61.7 cm³/mol. The van der Waals surface area contributed by atoms with Crippen LogP contribution in [0.2, 0.25) is 0 Å². The van der Waals surface area contributed by atoms with Crippen LogP contribution >= 0.6 is 0 Å². The van der Waals surface area contributed by atoms with Gasteiger partial charge in [-0.1, -0.05) is 43.2 Å². The minimum Gasteiger partial charge on any atom is -0.394 e. The minimum absolute atomic E-state index is 0.112. The van der Waals surface area contributed by atoms with Gasteiger partial charge >= 0.3 is 0 Å². The first-order valence-electron chi connectivity index (χ1n) is 5.66. The Morgan fingerprint density at radius 2 is 1.73 bits per heavy atom. The first-order chi connectivity index (χ1) is 7.33. The van der Waals surface area contributed by atoms with E-state index in [-0.39, 0.29) is 6.61 Å². The Labute approximate surface area is 91.6 Å². The second kappa shape index (κ2) is 7.43. The van der Waals surface area contributed by atoms with Crippen molar-refractivity contribution in [1.29, 1.82) is 0 Å². The van der Waals surface area contributed by atoms with E-state index in [9.17, 15) is 0 Å². The molecular weight excluding hydrogens is 188 g/mol. The van der Waals surface area contributed by atoms with Gasteiger partial charge in [0.25, 0.3) is 0 Å². The molecule has 0 heterocycles. The normalized spacial score (nSPS) is 12.7. The van der Waals surface area contributed by atoms with Gasteiger partial charge in [0.15, 0.2) is 0 Å². The molecule has 1 unspecified atom stereocenters. The molecule has 0 aromatic heterocycles. The maximum Gasteiger partial charge on any atom is 0.0770 e. The van der Waals surface area contributed by atoms with Crippen LogP contribution in [0.5, 0.6) is 0 Å². The molecule has 1 aromatic carbocycles. The fraction of sp³-hybridized carbons (Fsp3) is 0.538. The lowest BCUT2D eigenvalue weighted by atomic mass is 10.1. The Kier molecular flexibility index (Phi) is 6.05. The van der Waals surface area contributed by atoms with Crippen molar-refractivity contribution in [2.45, 2.75) is 38.2 Å². The van der Waals surface area contributed by atoms with Crippen LogP contribution in [-0.2, 0) is 6.42 Å². The largest absolute Gasteiger partial charge is 0.394 e. The topological polar surface area (TPSA) is 40.5 Å². The average Bonchev–Trinajstić information content (AvgIpc) is 2.29. The van der Waals surface area contributed by atoms with Crippen molar-refractivity contribution < 1.29 is 10.2 Å². The van der Waals surface area contributed by atoms with Gasteiger partial charge in [-0.15, -0.1) is 0 Å². The van der Waals surface area contributed by atoms with E-state index >= 15 is 0 Å². The molecule has 2 nitrogen and oxygen atoms in total. The molecule has 2 N–H and O–H groups in total. The van der Waals surface area contributed by atoms with Crippen molar-refractivity contribution in [1.82, 2.24) is 0 Å². The molecule has 2 heteroatoms. The smallest absolute Gasteiger partial charge is 0.0770 e. The van der Waals surface area contributed by atoms with E-state index in [0.29, 0.717) is 6.42 Å². The van der Waals surface area contributed by atoms with Gasteiger partial charge in [-0.25, -0.2) is 0 Å². The van der Waals surface area contributed by atoms with Crippen LogP contribution in [0.15, 0.2) is 30.3 Å². The summed E-state index contributed by atoms with van der Waals surface area (Å²) in [6, 6.07) is 10.4. The zero-order chi connectivity index (χ0) is 10.9. The van der Waals surface area contributed by atoms with Gasteiger partial charge in [0.1, 0.15) is 0 Å². The molecule has 1 atom stereocenters. The summed E-state index contributed by atoms with van der Waals surface area (Å²) in [4.78, 5) is 0. The number of aryl methyl sites for hydroxylation is 1. The van der Waals surface area contributed by atoms with E-state index < -0.39 is 6.10 Å². The molecule has 0 radical (unpaired) electrons. The van der Waals surface area contributed by atoms with E-state index in [1.807, 2.05) is 6.07 Å². The van der Waals surface area contributed by atoms with Crippen LogP contribution < -0.4 is 0 Å². The van der Waals surface area contributed by atoms with Gasteiger partial charge in [0.2, 0.25) is 0 Å². The number of aliphatic hydroxyl groups excluding tert-OH is 2. The van der Waals surface area contributed by atoms with E-state index in [1.165, 1.54) is 5.56 Å². The monoisotopic (exact) mass is 208 g/mol. The van der Waals surface area contributed by atoms with Crippen molar-refractivity contribution in [3.05, 3.63) is 35.9 Å². The van der Waals surface area contributed by atoms with Gasteiger partial charge in [-0.05, 0) is 24.8 Å². The first kappa shape index (κ1) is 12.2. The highest BCUT2D eigenvalue weighted by Crippen LogP contribution is 2.08. The summed E-state index contributed by atoms with van der Waals surface area (Å²) < 4.78 is 0. The zero-order valence-electron chi connectivity index (χ0n) is 9.10. The summed E-state index contributed by atoms with van der Waals surface area (Å²) in [5.74, 6) is 0. The Morgan fingerprint density at radius 3 is 2.40 bits per heavy atom. The molecule has 0 bridgehead atoms. The molecule has 0 fully saturated rings. The van der Waals surface area contributed by atoms with E-state index in [4.69, 9.17) is 10.2 Å². The highest BCUT2D eigenvalue weighted by Gasteiger charge is 2.00. The third-order valence-electron chi connectivity index (χ3n) is 2.56. The molecule has 0 saturated heterocycles. The molecule has 15 heavy (non-hydrogen) atoms. The Balaban J connectivity index is 2.03. The van der Waals surface area contributed by atoms with Crippen LogP contribution in [0.1, 0.15) is 31.2 Å². The van der Waals surface area contributed by atoms with Gasteiger partial charge in [-0.3, -0.25) is 0 Å². The molecule has 0 saturated carbocycles. The van der Waals surface area contributed by atoms with Gasteiger partial charge < -0.3 is 10.2 Å². The van der Waals surface area contributed by atoms with Gasteiger partial charge in [-0.2, -0.15) is 0 Å². The maximum atomic E-state index is 9.12. The molecule has 0 aliphatic carbocycles. The molecular formula is C13H20O2. The number of rotatable bonds is 7. The fourth-order valence-corrected chi connectivity index (χ4v) is 1.62. The predicted octanol–water partition coefficient (Wildman–Crippen LogP) is 2.14. The fourth-order valence-electron chi connectivity index (χ4n) is 1.62. The van der Waals surface area contributed by atoms with Crippen LogP contribution in [0, 0.1) is 0 Å². The highest BCUT2D eigenvalue weighted by molar-refractivity contribution is 5.14. The van der Waals surface area contributed by atoms with Crippen molar-refractivity contribution in [3.8, 4) is 0 Å². The molecule has 1 rings (SSSR count). The van der Waals surface area contributed by atoms with Crippen LogP contribution in [0.25, 0.3) is 0 Å². The van der Waals surface area contributed by atoms with Crippen molar-refractivity contribution in [3.63, 3.8) is 0 Å². The van der Waals surface area contributed by atoms with Crippen LogP contribution in [-0.4, -0.2) is 22.9 Å². The third kappa shape index (κ3) is 5.55. The lowest BCUT2D eigenvalue weighted by molar-refractivity contribution is 0.0860. The van der Waals surface area contributed by atoms with Crippen LogP contribution in [0.3, 0.4) is 0 Å². The molecule has 0 aliphatic heterocycles. The summed E-state index contributed by atoms with van der Waals surface area (Å²) >= 11 is 0. The highest BCUT2D eigenvalue weighted by atomic mass is 16.3. The first-order valence-corrected chi connectivity index (χ1v) is 5.66. The number of hydrogen-bond acceptors (Lipinski definition) is 2. The minimum atomic E-state index is -0.526. The molecule has 0 spiro atoms. The second-order valence-corrected chi connectivity index (χ2v) is 3.92. The standard InChI is InChI=1S/C13H20O2/c14-11-13(15)10-6-2-5-9-12-7-3-1-4-8-12/h1,3-4,7-8,13-15H,2,5-6,9-11H2. The molecule has 1 aromatic rings. The van der Waals surface area contributed by atoms with Crippen LogP contribution in [0.4, 0.5) is 0 Å².